The van der Waals surface area contributed by atoms with Crippen LogP contribution in [0.25, 0.3) is 0 Å². The van der Waals surface area contributed by atoms with Crippen LogP contribution in [0.15, 0.2) is 52.7 Å². The molecule has 0 atom stereocenters. The van der Waals surface area contributed by atoms with Gasteiger partial charge in [0.25, 0.3) is 0 Å². The Morgan fingerprint density at radius 1 is 0.923 bits per heavy atom. The van der Waals surface area contributed by atoms with Crippen molar-refractivity contribution in [2.45, 2.75) is 45.4 Å². The van der Waals surface area contributed by atoms with Gasteiger partial charge in [-0.3, -0.25) is 0 Å². The summed E-state index contributed by atoms with van der Waals surface area (Å²) in [7, 11) is 1.62. The van der Waals surface area contributed by atoms with Crippen molar-refractivity contribution in [1.82, 2.24) is 0 Å². The van der Waals surface area contributed by atoms with Crippen LogP contribution in [0, 0.1) is 5.82 Å². The molecule has 0 saturated carbocycles. The van der Waals surface area contributed by atoms with Gasteiger partial charge in [0.2, 0.25) is 0 Å². The highest BCUT2D eigenvalue weighted by atomic mass is 19.1. The van der Waals surface area contributed by atoms with E-state index in [9.17, 15) is 4.39 Å². The topological polar surface area (TPSA) is 34.0 Å². The fraction of sp³-hybridized carbons (Fsp3) is 0.364. The van der Waals surface area contributed by atoms with E-state index in [0.29, 0.717) is 5.56 Å². The van der Waals surface area contributed by atoms with Crippen molar-refractivity contribution in [3.8, 4) is 5.75 Å². The van der Waals surface area contributed by atoms with Gasteiger partial charge in [-0.1, -0.05) is 44.7 Å². The zero-order valence-electron chi connectivity index (χ0n) is 15.6. The minimum atomic E-state index is -0.251. The highest BCUT2D eigenvalue weighted by molar-refractivity contribution is 5.83. The molecule has 0 aliphatic carbocycles. The van der Waals surface area contributed by atoms with Gasteiger partial charge in [-0.25, -0.2) is 4.39 Å². The molecule has 0 radical (unpaired) electrons. The van der Waals surface area contributed by atoms with Crippen LogP contribution in [-0.4, -0.2) is 19.5 Å². The number of methoxy groups -OCH3 is 1. The second kappa shape index (κ2) is 11.2. The van der Waals surface area contributed by atoms with Gasteiger partial charge in [0, 0.05) is 5.56 Å². The van der Waals surface area contributed by atoms with Gasteiger partial charge in [-0.15, -0.1) is 0 Å². The maximum Gasteiger partial charge on any atom is 0.132 e. The van der Waals surface area contributed by atoms with Crippen LogP contribution in [0.1, 0.15) is 55.7 Å². The zero-order valence-corrected chi connectivity index (χ0v) is 15.6. The van der Waals surface area contributed by atoms with Gasteiger partial charge < -0.3 is 4.74 Å². The molecule has 138 valence electrons. The molecule has 0 aromatic heterocycles. The molecule has 0 N–H and O–H groups in total. The van der Waals surface area contributed by atoms with E-state index in [1.807, 2.05) is 30.3 Å². The zero-order chi connectivity index (χ0) is 18.6. The fourth-order valence-corrected chi connectivity index (χ4v) is 2.65. The van der Waals surface area contributed by atoms with Crippen LogP contribution in [0.5, 0.6) is 5.75 Å². The number of unbranched alkanes of at least 4 members (excludes halogenated alkanes) is 4. The second-order valence-electron chi connectivity index (χ2n) is 6.28. The predicted octanol–water partition coefficient (Wildman–Crippen LogP) is 5.80. The van der Waals surface area contributed by atoms with E-state index in [0.717, 1.165) is 29.7 Å². The summed E-state index contributed by atoms with van der Waals surface area (Å²) in [5.74, 6) is 0.539. The molecule has 2 aromatic carbocycles. The molecule has 0 fully saturated rings. The van der Waals surface area contributed by atoms with E-state index >= 15 is 0 Å². The Labute approximate surface area is 155 Å². The second-order valence-corrected chi connectivity index (χ2v) is 6.28. The minimum Gasteiger partial charge on any atom is -0.497 e. The first-order valence-electron chi connectivity index (χ1n) is 9.22. The third kappa shape index (κ3) is 6.79. The number of hydrogen-bond acceptors (Lipinski definition) is 3. The van der Waals surface area contributed by atoms with Gasteiger partial charge in [0.05, 0.1) is 19.5 Å². The quantitative estimate of drug-likeness (QED) is 0.301. The van der Waals surface area contributed by atoms with E-state index in [-0.39, 0.29) is 5.82 Å². The van der Waals surface area contributed by atoms with Crippen molar-refractivity contribution >= 4 is 12.4 Å². The summed E-state index contributed by atoms with van der Waals surface area (Å²) in [5, 5.41) is 7.91. The minimum absolute atomic E-state index is 0.251. The van der Waals surface area contributed by atoms with Crippen molar-refractivity contribution in [2.75, 3.05) is 7.11 Å². The van der Waals surface area contributed by atoms with Crippen molar-refractivity contribution in [3.63, 3.8) is 0 Å². The molecule has 3 nitrogen and oxygen atoms in total. The summed E-state index contributed by atoms with van der Waals surface area (Å²) < 4.78 is 19.3. The number of ether oxygens (including phenoxy) is 1. The molecule has 0 bridgehead atoms. The van der Waals surface area contributed by atoms with Crippen molar-refractivity contribution in [3.05, 3.63) is 65.0 Å². The van der Waals surface area contributed by atoms with E-state index in [1.165, 1.54) is 31.9 Å². The predicted molar refractivity (Wildman–Crippen MR) is 107 cm³/mol. The third-order valence-corrected chi connectivity index (χ3v) is 4.22. The van der Waals surface area contributed by atoms with E-state index in [1.54, 1.807) is 25.5 Å². The van der Waals surface area contributed by atoms with Gasteiger partial charge in [0.1, 0.15) is 11.6 Å². The number of hydrogen-bond donors (Lipinski definition) is 0. The number of halogens is 1. The molecule has 0 aliphatic rings. The molecule has 2 aromatic rings. The molecule has 0 unspecified atom stereocenters. The Hall–Kier alpha value is -2.49. The smallest absolute Gasteiger partial charge is 0.132 e. The maximum atomic E-state index is 14.2. The number of aryl methyl sites for hydroxylation is 1. The first-order valence-corrected chi connectivity index (χ1v) is 9.22. The van der Waals surface area contributed by atoms with E-state index in [2.05, 4.69) is 17.1 Å². The van der Waals surface area contributed by atoms with Crippen LogP contribution in [-0.2, 0) is 6.42 Å². The van der Waals surface area contributed by atoms with Crippen LogP contribution in [0.2, 0.25) is 0 Å². The Balaban J connectivity index is 1.86. The average molecular weight is 354 g/mol. The molecule has 0 saturated heterocycles. The lowest BCUT2D eigenvalue weighted by molar-refractivity contribution is 0.415. The Morgan fingerprint density at radius 3 is 2.35 bits per heavy atom. The third-order valence-electron chi connectivity index (χ3n) is 4.22. The molecule has 0 amide bonds. The lowest BCUT2D eigenvalue weighted by atomic mass is 10.0. The SMILES string of the molecule is CCCCCCCc1ccc(C=NN=Cc2ccc(OC)cc2)c(F)c1. The highest BCUT2D eigenvalue weighted by Crippen LogP contribution is 2.13. The number of nitrogens with zero attached hydrogens (tertiary/aromatic N) is 2. The Bertz CT molecular complexity index is 723. The molecule has 0 heterocycles. The standard InChI is InChI=1S/C22H27FN2O/c1-3-4-5-6-7-8-18-9-12-20(22(23)15-18)17-25-24-16-19-10-13-21(26-2)14-11-19/h9-17H,3-8H2,1-2H3. The first kappa shape index (κ1) is 19.8. The summed E-state index contributed by atoms with van der Waals surface area (Å²) in [6.07, 6.45) is 10.1. The van der Waals surface area contributed by atoms with Gasteiger partial charge in [0.15, 0.2) is 0 Å². The van der Waals surface area contributed by atoms with Gasteiger partial charge in [-0.2, -0.15) is 10.2 Å². The lowest BCUT2D eigenvalue weighted by Gasteiger charge is -2.03. The van der Waals surface area contributed by atoms with Crippen LogP contribution < -0.4 is 4.74 Å². The molecular formula is C22H27FN2O. The van der Waals surface area contributed by atoms with Gasteiger partial charge >= 0.3 is 0 Å². The normalized spacial score (nSPS) is 11.5. The first-order chi connectivity index (χ1) is 12.7. The fourth-order valence-electron chi connectivity index (χ4n) is 2.65. The van der Waals surface area contributed by atoms with Crippen LogP contribution in [0.4, 0.5) is 4.39 Å². The molecular weight excluding hydrogens is 327 g/mol. The lowest BCUT2D eigenvalue weighted by Crippen LogP contribution is -1.93. The summed E-state index contributed by atoms with van der Waals surface area (Å²) in [4.78, 5) is 0. The van der Waals surface area contributed by atoms with E-state index < -0.39 is 0 Å². The van der Waals surface area contributed by atoms with E-state index in [4.69, 9.17) is 4.74 Å². The molecule has 2 rings (SSSR count). The highest BCUT2D eigenvalue weighted by Gasteiger charge is 2.02. The molecule has 4 heteroatoms. The largest absolute Gasteiger partial charge is 0.497 e. The number of rotatable bonds is 10. The monoisotopic (exact) mass is 354 g/mol. The molecule has 26 heavy (non-hydrogen) atoms. The van der Waals surface area contributed by atoms with Crippen molar-refractivity contribution < 1.29 is 9.13 Å². The average Bonchev–Trinajstić information content (AvgIpc) is 2.67. The molecule has 0 spiro atoms. The summed E-state index contributed by atoms with van der Waals surface area (Å²) >= 11 is 0. The Kier molecular flexibility index (Phi) is 8.53. The summed E-state index contributed by atoms with van der Waals surface area (Å²) in [5.41, 5.74) is 2.39. The number of benzene rings is 2. The summed E-state index contributed by atoms with van der Waals surface area (Å²) in [6.45, 7) is 2.21. The van der Waals surface area contributed by atoms with Crippen LogP contribution >= 0.6 is 0 Å². The molecule has 0 aliphatic heterocycles. The van der Waals surface area contributed by atoms with Crippen molar-refractivity contribution in [1.29, 1.82) is 0 Å². The maximum absolute atomic E-state index is 14.2. The van der Waals surface area contributed by atoms with Crippen molar-refractivity contribution in [2.24, 2.45) is 10.2 Å². The van der Waals surface area contributed by atoms with Crippen LogP contribution in [0.3, 0.4) is 0 Å². The van der Waals surface area contributed by atoms with Gasteiger partial charge in [-0.05, 0) is 54.3 Å². The summed E-state index contributed by atoms with van der Waals surface area (Å²) in [6, 6.07) is 12.8. The Morgan fingerprint density at radius 2 is 1.65 bits per heavy atom.